The molecule has 0 spiro atoms. The standard InChI is InChI=1S/C9H8BrF/c10-6-2-4-8-3-1-5-9(11)7-8/h1-5,7H,6H2. The Morgan fingerprint density at radius 1 is 1.45 bits per heavy atom. The fourth-order valence-corrected chi connectivity index (χ4v) is 0.978. The van der Waals surface area contributed by atoms with Crippen LogP contribution < -0.4 is 0 Å². The van der Waals surface area contributed by atoms with Crippen LogP contribution in [0.15, 0.2) is 30.3 Å². The van der Waals surface area contributed by atoms with Gasteiger partial charge < -0.3 is 0 Å². The maximum atomic E-state index is 12.5. The highest BCUT2D eigenvalue weighted by Crippen LogP contribution is 2.05. The van der Waals surface area contributed by atoms with Gasteiger partial charge in [0.05, 0.1) is 0 Å². The lowest BCUT2D eigenvalue weighted by Gasteiger charge is -1.91. The molecule has 1 rings (SSSR count). The Morgan fingerprint density at radius 2 is 2.27 bits per heavy atom. The normalized spacial score (nSPS) is 10.7. The van der Waals surface area contributed by atoms with Crippen molar-refractivity contribution in [1.82, 2.24) is 0 Å². The van der Waals surface area contributed by atoms with Crippen LogP contribution in [0.25, 0.3) is 6.08 Å². The minimum atomic E-state index is -0.193. The van der Waals surface area contributed by atoms with Gasteiger partial charge in [-0.1, -0.05) is 40.2 Å². The molecule has 0 saturated carbocycles. The zero-order chi connectivity index (χ0) is 8.10. The molecule has 0 saturated heterocycles. The largest absolute Gasteiger partial charge is 0.207 e. The fourth-order valence-electron chi connectivity index (χ4n) is 0.791. The molecule has 0 radical (unpaired) electrons. The van der Waals surface area contributed by atoms with Crippen LogP contribution in [-0.2, 0) is 0 Å². The third-order valence-electron chi connectivity index (χ3n) is 1.25. The highest BCUT2D eigenvalue weighted by Gasteiger charge is 1.88. The molecule has 0 nitrogen and oxygen atoms in total. The van der Waals surface area contributed by atoms with Gasteiger partial charge in [-0.05, 0) is 17.7 Å². The van der Waals surface area contributed by atoms with E-state index in [0.717, 1.165) is 10.9 Å². The summed E-state index contributed by atoms with van der Waals surface area (Å²) in [5.41, 5.74) is 0.893. The van der Waals surface area contributed by atoms with Gasteiger partial charge in [-0.25, -0.2) is 4.39 Å². The van der Waals surface area contributed by atoms with Gasteiger partial charge in [-0.2, -0.15) is 0 Å². The summed E-state index contributed by atoms with van der Waals surface area (Å²) >= 11 is 3.24. The van der Waals surface area contributed by atoms with Crippen molar-refractivity contribution in [3.05, 3.63) is 41.7 Å². The lowest BCUT2D eigenvalue weighted by molar-refractivity contribution is 0.627. The third kappa shape index (κ3) is 2.85. The molecule has 11 heavy (non-hydrogen) atoms. The molecule has 0 atom stereocenters. The summed E-state index contributed by atoms with van der Waals surface area (Å²) in [7, 11) is 0. The Labute approximate surface area is 73.9 Å². The molecular weight excluding hydrogens is 207 g/mol. The minimum Gasteiger partial charge on any atom is -0.207 e. The number of allylic oxidation sites excluding steroid dienone is 1. The van der Waals surface area contributed by atoms with E-state index in [4.69, 9.17) is 0 Å². The van der Waals surface area contributed by atoms with Crippen molar-refractivity contribution < 1.29 is 4.39 Å². The maximum absolute atomic E-state index is 12.5. The molecule has 0 fully saturated rings. The van der Waals surface area contributed by atoms with Crippen LogP contribution in [0.4, 0.5) is 4.39 Å². The first-order chi connectivity index (χ1) is 5.33. The summed E-state index contributed by atoms with van der Waals surface area (Å²) in [6.07, 6.45) is 3.80. The van der Waals surface area contributed by atoms with E-state index in [0.29, 0.717) is 0 Å². The molecule has 0 bridgehead atoms. The van der Waals surface area contributed by atoms with E-state index in [9.17, 15) is 4.39 Å². The van der Waals surface area contributed by atoms with Crippen molar-refractivity contribution >= 4 is 22.0 Å². The second-order valence-electron chi connectivity index (χ2n) is 2.11. The Kier molecular flexibility index (Phi) is 3.30. The Balaban J connectivity index is 2.79. The van der Waals surface area contributed by atoms with Crippen molar-refractivity contribution in [1.29, 1.82) is 0 Å². The van der Waals surface area contributed by atoms with E-state index in [-0.39, 0.29) is 5.82 Å². The van der Waals surface area contributed by atoms with E-state index in [1.165, 1.54) is 12.1 Å². The van der Waals surface area contributed by atoms with E-state index < -0.39 is 0 Å². The van der Waals surface area contributed by atoms with Gasteiger partial charge in [0.2, 0.25) is 0 Å². The van der Waals surface area contributed by atoms with Crippen molar-refractivity contribution in [3.63, 3.8) is 0 Å². The van der Waals surface area contributed by atoms with E-state index in [2.05, 4.69) is 15.9 Å². The molecule has 0 aromatic heterocycles. The molecule has 2 heteroatoms. The molecule has 1 aromatic carbocycles. The number of alkyl halides is 1. The highest BCUT2D eigenvalue weighted by molar-refractivity contribution is 9.09. The van der Waals surface area contributed by atoms with Gasteiger partial charge >= 0.3 is 0 Å². The lowest BCUT2D eigenvalue weighted by Crippen LogP contribution is -1.74. The predicted octanol–water partition coefficient (Wildman–Crippen LogP) is 3.23. The van der Waals surface area contributed by atoms with Gasteiger partial charge in [0.1, 0.15) is 5.82 Å². The van der Waals surface area contributed by atoms with E-state index >= 15 is 0 Å². The SMILES string of the molecule is Fc1cccc(C=CCBr)c1. The summed E-state index contributed by atoms with van der Waals surface area (Å²) in [5.74, 6) is -0.193. The monoisotopic (exact) mass is 214 g/mol. The first kappa shape index (κ1) is 8.47. The van der Waals surface area contributed by atoms with Gasteiger partial charge in [-0.15, -0.1) is 0 Å². The molecule has 0 aliphatic carbocycles. The molecular formula is C9H8BrF. The molecule has 0 unspecified atom stereocenters. The highest BCUT2D eigenvalue weighted by atomic mass is 79.9. The second-order valence-corrected chi connectivity index (χ2v) is 2.76. The average molecular weight is 215 g/mol. The first-order valence-corrected chi connectivity index (χ1v) is 4.43. The van der Waals surface area contributed by atoms with Gasteiger partial charge in [-0.3, -0.25) is 0 Å². The number of hydrogen-bond donors (Lipinski definition) is 0. The van der Waals surface area contributed by atoms with E-state index in [1.807, 2.05) is 18.2 Å². The van der Waals surface area contributed by atoms with Crippen molar-refractivity contribution in [2.45, 2.75) is 0 Å². The fraction of sp³-hybridized carbons (Fsp3) is 0.111. The van der Waals surface area contributed by atoms with Gasteiger partial charge in [0.25, 0.3) is 0 Å². The van der Waals surface area contributed by atoms with Crippen molar-refractivity contribution in [2.24, 2.45) is 0 Å². The molecule has 0 heterocycles. The first-order valence-electron chi connectivity index (χ1n) is 3.31. The summed E-state index contributed by atoms with van der Waals surface area (Å²) < 4.78 is 12.5. The smallest absolute Gasteiger partial charge is 0.123 e. The quantitative estimate of drug-likeness (QED) is 0.664. The molecule has 0 aliphatic heterocycles. The van der Waals surface area contributed by atoms with Crippen LogP contribution in [0, 0.1) is 5.82 Å². The summed E-state index contributed by atoms with van der Waals surface area (Å²) in [5, 5.41) is 0.795. The molecule has 58 valence electrons. The van der Waals surface area contributed by atoms with Crippen LogP contribution in [0.1, 0.15) is 5.56 Å². The van der Waals surface area contributed by atoms with Crippen LogP contribution in [0.2, 0.25) is 0 Å². The maximum Gasteiger partial charge on any atom is 0.123 e. The van der Waals surface area contributed by atoms with E-state index in [1.54, 1.807) is 6.07 Å². The van der Waals surface area contributed by atoms with Crippen molar-refractivity contribution in [3.8, 4) is 0 Å². The summed E-state index contributed by atoms with van der Waals surface area (Å²) in [6, 6.07) is 6.50. The minimum absolute atomic E-state index is 0.193. The summed E-state index contributed by atoms with van der Waals surface area (Å²) in [4.78, 5) is 0. The molecule has 0 aliphatic rings. The Morgan fingerprint density at radius 3 is 2.91 bits per heavy atom. The Hall–Kier alpha value is -0.630. The van der Waals surface area contributed by atoms with Gasteiger partial charge in [0, 0.05) is 5.33 Å². The number of benzene rings is 1. The zero-order valence-electron chi connectivity index (χ0n) is 5.93. The number of rotatable bonds is 2. The van der Waals surface area contributed by atoms with Crippen LogP contribution in [0.3, 0.4) is 0 Å². The van der Waals surface area contributed by atoms with Crippen LogP contribution in [0.5, 0.6) is 0 Å². The Bertz CT molecular complexity index is 255. The third-order valence-corrected chi connectivity index (χ3v) is 1.62. The van der Waals surface area contributed by atoms with Gasteiger partial charge in [0.15, 0.2) is 0 Å². The second kappa shape index (κ2) is 4.29. The predicted molar refractivity (Wildman–Crippen MR) is 49.2 cm³/mol. The summed E-state index contributed by atoms with van der Waals surface area (Å²) in [6.45, 7) is 0. The molecule has 0 N–H and O–H groups in total. The molecule has 1 aromatic rings. The average Bonchev–Trinajstić information content (AvgIpc) is 2.01. The van der Waals surface area contributed by atoms with Crippen LogP contribution >= 0.6 is 15.9 Å². The van der Waals surface area contributed by atoms with Crippen molar-refractivity contribution in [2.75, 3.05) is 5.33 Å². The molecule has 0 amide bonds. The number of hydrogen-bond acceptors (Lipinski definition) is 0. The topological polar surface area (TPSA) is 0 Å². The zero-order valence-corrected chi connectivity index (χ0v) is 7.51. The lowest BCUT2D eigenvalue weighted by atomic mass is 10.2. The number of halogens is 2. The van der Waals surface area contributed by atoms with Crippen LogP contribution in [-0.4, -0.2) is 5.33 Å².